The molecular weight excluding hydrogens is 334 g/mol. The molecule has 0 spiro atoms. The molecule has 1 amide bonds. The van der Waals surface area contributed by atoms with Gasteiger partial charge in [0.05, 0.1) is 0 Å². The van der Waals surface area contributed by atoms with Crippen molar-refractivity contribution < 1.29 is 9.53 Å². The minimum Gasteiger partial charge on any atom is -0.444 e. The molecule has 1 fully saturated rings. The van der Waals surface area contributed by atoms with Gasteiger partial charge in [-0.25, -0.2) is 4.79 Å². The second kappa shape index (κ2) is 7.36. The van der Waals surface area contributed by atoms with Crippen LogP contribution in [0.15, 0.2) is 0 Å². The molecule has 140 valence electrons. The minimum absolute atomic E-state index is 0.236. The summed E-state index contributed by atoms with van der Waals surface area (Å²) in [5, 5.41) is 0. The Balaban J connectivity index is 2.19. The highest BCUT2D eigenvalue weighted by Crippen LogP contribution is 2.36. The molecule has 2 rings (SSSR count). The first kappa shape index (κ1) is 19.8. The van der Waals surface area contributed by atoms with E-state index in [-0.39, 0.29) is 6.09 Å². The smallest absolute Gasteiger partial charge is 0.410 e. The van der Waals surface area contributed by atoms with Crippen LogP contribution in [0, 0.1) is 20.8 Å². The Bertz CT molecular complexity index is 660. The summed E-state index contributed by atoms with van der Waals surface area (Å²) in [7, 11) is 0. The largest absolute Gasteiger partial charge is 0.444 e. The fourth-order valence-electron chi connectivity index (χ4n) is 3.43. The maximum absolute atomic E-state index is 12.2. The van der Waals surface area contributed by atoms with Gasteiger partial charge < -0.3 is 20.3 Å². The van der Waals surface area contributed by atoms with E-state index in [1.54, 1.807) is 4.90 Å². The molecule has 0 saturated carbocycles. The lowest BCUT2D eigenvalue weighted by Crippen LogP contribution is -2.50. The standard InChI is InChI=1S/C19H31N3O2S/c1-12-15(11-25)13(2)17(14(3)16(12)20)21-7-9-22(10-8-21)18(23)24-19(4,5)6/h25H,7-11,20H2,1-6H3. The quantitative estimate of drug-likeness (QED) is 0.620. The molecule has 0 radical (unpaired) electrons. The Morgan fingerprint density at radius 2 is 1.64 bits per heavy atom. The zero-order valence-electron chi connectivity index (χ0n) is 16.3. The molecule has 1 aliphatic heterocycles. The Kier molecular flexibility index (Phi) is 5.82. The number of amides is 1. The zero-order chi connectivity index (χ0) is 18.9. The van der Waals surface area contributed by atoms with Crippen LogP contribution < -0.4 is 10.6 Å². The van der Waals surface area contributed by atoms with E-state index in [0.29, 0.717) is 18.8 Å². The third-order valence-electron chi connectivity index (χ3n) is 4.83. The molecule has 1 aromatic carbocycles. The summed E-state index contributed by atoms with van der Waals surface area (Å²) in [6.45, 7) is 14.8. The molecule has 0 unspecified atom stereocenters. The summed E-state index contributed by atoms with van der Waals surface area (Å²) in [5.74, 6) is 0.674. The number of hydrogen-bond donors (Lipinski definition) is 2. The lowest BCUT2D eigenvalue weighted by atomic mass is 9.95. The van der Waals surface area contributed by atoms with Crippen LogP contribution >= 0.6 is 12.6 Å². The number of carbonyl (C=O) groups is 1. The predicted octanol–water partition coefficient (Wildman–Crippen LogP) is 3.68. The number of benzene rings is 1. The summed E-state index contributed by atoms with van der Waals surface area (Å²) >= 11 is 4.48. The molecule has 1 aliphatic rings. The summed E-state index contributed by atoms with van der Waals surface area (Å²) in [6.07, 6.45) is -0.236. The van der Waals surface area contributed by atoms with E-state index in [0.717, 1.165) is 29.9 Å². The number of piperazine rings is 1. The summed E-state index contributed by atoms with van der Waals surface area (Å²) in [6, 6.07) is 0. The van der Waals surface area contributed by atoms with Crippen LogP contribution in [-0.4, -0.2) is 42.8 Å². The van der Waals surface area contributed by atoms with Gasteiger partial charge >= 0.3 is 6.09 Å². The lowest BCUT2D eigenvalue weighted by Gasteiger charge is -2.38. The zero-order valence-corrected chi connectivity index (χ0v) is 17.2. The number of nitrogens with zero attached hydrogens (tertiary/aromatic N) is 2. The van der Waals surface area contributed by atoms with Crippen LogP contribution in [0.25, 0.3) is 0 Å². The van der Waals surface area contributed by atoms with Crippen LogP contribution in [-0.2, 0) is 10.5 Å². The molecular formula is C19H31N3O2S. The van der Waals surface area contributed by atoms with E-state index in [2.05, 4.69) is 38.3 Å². The van der Waals surface area contributed by atoms with Crippen molar-refractivity contribution in [1.82, 2.24) is 4.90 Å². The second-order valence-electron chi connectivity index (χ2n) is 7.73. The van der Waals surface area contributed by atoms with E-state index >= 15 is 0 Å². The Morgan fingerprint density at radius 3 is 2.12 bits per heavy atom. The normalized spacial score (nSPS) is 15.5. The Labute approximate surface area is 156 Å². The number of ether oxygens (including phenoxy) is 1. The maximum atomic E-state index is 12.2. The summed E-state index contributed by atoms with van der Waals surface area (Å²) < 4.78 is 5.48. The van der Waals surface area contributed by atoms with Crippen molar-refractivity contribution in [3.63, 3.8) is 0 Å². The molecule has 1 heterocycles. The van der Waals surface area contributed by atoms with Crippen molar-refractivity contribution in [1.29, 1.82) is 0 Å². The molecule has 0 aliphatic carbocycles. The van der Waals surface area contributed by atoms with Crippen molar-refractivity contribution in [2.75, 3.05) is 36.8 Å². The number of carbonyl (C=O) groups excluding carboxylic acids is 1. The third-order valence-corrected chi connectivity index (χ3v) is 5.15. The van der Waals surface area contributed by atoms with E-state index in [9.17, 15) is 4.79 Å². The molecule has 0 bridgehead atoms. The van der Waals surface area contributed by atoms with Crippen LogP contribution in [0.5, 0.6) is 0 Å². The van der Waals surface area contributed by atoms with Gasteiger partial charge in [-0.1, -0.05) is 0 Å². The van der Waals surface area contributed by atoms with Gasteiger partial charge in [-0.15, -0.1) is 0 Å². The maximum Gasteiger partial charge on any atom is 0.410 e. The van der Waals surface area contributed by atoms with Crippen LogP contribution in [0.3, 0.4) is 0 Å². The molecule has 1 aromatic rings. The molecule has 1 saturated heterocycles. The number of rotatable bonds is 2. The molecule has 0 aromatic heterocycles. The monoisotopic (exact) mass is 365 g/mol. The van der Waals surface area contributed by atoms with Gasteiger partial charge in [0.1, 0.15) is 5.60 Å². The topological polar surface area (TPSA) is 58.8 Å². The van der Waals surface area contributed by atoms with E-state index in [1.807, 2.05) is 20.8 Å². The number of thiol groups is 1. The lowest BCUT2D eigenvalue weighted by molar-refractivity contribution is 0.0240. The average molecular weight is 366 g/mol. The molecule has 25 heavy (non-hydrogen) atoms. The highest BCUT2D eigenvalue weighted by molar-refractivity contribution is 7.79. The van der Waals surface area contributed by atoms with Crippen molar-refractivity contribution in [3.8, 4) is 0 Å². The van der Waals surface area contributed by atoms with Crippen LogP contribution in [0.4, 0.5) is 16.2 Å². The SMILES string of the molecule is Cc1c(N)c(C)c(N2CCN(C(=O)OC(C)(C)C)CC2)c(C)c1CS. The highest BCUT2D eigenvalue weighted by Gasteiger charge is 2.28. The number of nitrogen functional groups attached to an aromatic ring is 1. The van der Waals surface area contributed by atoms with Crippen molar-refractivity contribution in [2.45, 2.75) is 52.9 Å². The molecule has 6 heteroatoms. The van der Waals surface area contributed by atoms with E-state index in [1.165, 1.54) is 16.8 Å². The van der Waals surface area contributed by atoms with Crippen molar-refractivity contribution in [3.05, 3.63) is 22.3 Å². The first-order valence-electron chi connectivity index (χ1n) is 8.78. The van der Waals surface area contributed by atoms with Gasteiger partial charge in [-0.2, -0.15) is 12.6 Å². The van der Waals surface area contributed by atoms with Gasteiger partial charge in [0.25, 0.3) is 0 Å². The van der Waals surface area contributed by atoms with Gasteiger partial charge in [-0.05, 0) is 63.8 Å². The van der Waals surface area contributed by atoms with Crippen LogP contribution in [0.2, 0.25) is 0 Å². The van der Waals surface area contributed by atoms with Crippen molar-refractivity contribution in [2.24, 2.45) is 0 Å². The average Bonchev–Trinajstić information content (AvgIpc) is 2.52. The van der Waals surface area contributed by atoms with E-state index in [4.69, 9.17) is 10.5 Å². The fraction of sp³-hybridized carbons (Fsp3) is 0.632. The number of hydrogen-bond acceptors (Lipinski definition) is 5. The number of nitrogens with two attached hydrogens (primary N) is 1. The first-order valence-corrected chi connectivity index (χ1v) is 9.42. The second-order valence-corrected chi connectivity index (χ2v) is 8.04. The third kappa shape index (κ3) is 4.17. The predicted molar refractivity (Wildman–Crippen MR) is 108 cm³/mol. The summed E-state index contributed by atoms with van der Waals surface area (Å²) in [5.41, 5.74) is 12.6. The molecule has 0 atom stereocenters. The van der Waals surface area contributed by atoms with Gasteiger partial charge in [-0.3, -0.25) is 0 Å². The fourth-order valence-corrected chi connectivity index (χ4v) is 3.90. The number of anilines is 2. The Hall–Kier alpha value is -1.56. The van der Waals surface area contributed by atoms with Crippen LogP contribution in [0.1, 0.15) is 43.0 Å². The van der Waals surface area contributed by atoms with Gasteiger partial charge in [0.2, 0.25) is 0 Å². The van der Waals surface area contributed by atoms with E-state index < -0.39 is 5.60 Å². The minimum atomic E-state index is -0.464. The highest BCUT2D eigenvalue weighted by atomic mass is 32.1. The Morgan fingerprint density at radius 1 is 1.08 bits per heavy atom. The van der Waals surface area contributed by atoms with Gasteiger partial charge in [0.15, 0.2) is 0 Å². The summed E-state index contributed by atoms with van der Waals surface area (Å²) in [4.78, 5) is 16.4. The van der Waals surface area contributed by atoms with Crippen molar-refractivity contribution >= 4 is 30.1 Å². The first-order chi connectivity index (χ1) is 11.6. The molecule has 5 nitrogen and oxygen atoms in total. The van der Waals surface area contributed by atoms with Gasteiger partial charge in [0, 0.05) is 43.3 Å². The molecule has 2 N–H and O–H groups in total.